The third-order valence-electron chi connectivity index (χ3n) is 5.32. The summed E-state index contributed by atoms with van der Waals surface area (Å²) < 4.78 is 0. The number of carbonyl (C=O) groups excluding carboxylic acids is 2. The van der Waals surface area contributed by atoms with Crippen molar-refractivity contribution in [3.8, 4) is 0 Å². The van der Waals surface area contributed by atoms with Crippen LogP contribution >= 0.6 is 0 Å². The second-order valence-electron chi connectivity index (χ2n) is 7.18. The molecule has 2 aromatic carbocycles. The molecule has 0 spiro atoms. The van der Waals surface area contributed by atoms with Gasteiger partial charge in [0.1, 0.15) is 0 Å². The Kier molecular flexibility index (Phi) is 5.33. The average molecular weight is 373 g/mol. The third kappa shape index (κ3) is 4.03. The molecule has 1 aliphatic heterocycles. The van der Waals surface area contributed by atoms with E-state index in [4.69, 9.17) is 0 Å². The van der Waals surface area contributed by atoms with E-state index in [0.717, 1.165) is 22.2 Å². The Morgan fingerprint density at radius 2 is 1.71 bits per heavy atom. The predicted molar refractivity (Wildman–Crippen MR) is 110 cm³/mol. The van der Waals surface area contributed by atoms with Gasteiger partial charge in [0.15, 0.2) is 0 Å². The fraction of sp³-hybridized carbons (Fsp3) is 0.261. The molecule has 0 unspecified atom stereocenters. The van der Waals surface area contributed by atoms with Crippen LogP contribution in [0.3, 0.4) is 0 Å². The Balaban J connectivity index is 1.34. The highest BCUT2D eigenvalue weighted by Gasteiger charge is 2.27. The maximum Gasteiger partial charge on any atom is 0.227 e. The summed E-state index contributed by atoms with van der Waals surface area (Å²) >= 11 is 0. The Hall–Kier alpha value is -3.21. The predicted octanol–water partition coefficient (Wildman–Crippen LogP) is 3.65. The largest absolute Gasteiger partial charge is 0.342 e. The first-order chi connectivity index (χ1) is 13.7. The van der Waals surface area contributed by atoms with Gasteiger partial charge in [0.05, 0.1) is 11.9 Å². The maximum absolute atomic E-state index is 12.8. The van der Waals surface area contributed by atoms with Gasteiger partial charge in [-0.3, -0.25) is 14.6 Å². The fourth-order valence-electron chi connectivity index (χ4n) is 3.74. The van der Waals surface area contributed by atoms with E-state index in [0.29, 0.717) is 32.4 Å². The highest BCUT2D eigenvalue weighted by Crippen LogP contribution is 2.22. The van der Waals surface area contributed by atoms with Crippen molar-refractivity contribution >= 4 is 28.4 Å². The normalized spacial score (nSPS) is 14.8. The summed E-state index contributed by atoms with van der Waals surface area (Å²) in [6, 6.07) is 19.3. The van der Waals surface area contributed by atoms with Crippen molar-refractivity contribution in [1.29, 1.82) is 0 Å². The molecule has 1 aromatic heterocycles. The molecule has 0 bridgehead atoms. The number of para-hydroxylation sites is 2. The summed E-state index contributed by atoms with van der Waals surface area (Å²) in [4.78, 5) is 31.5. The zero-order chi connectivity index (χ0) is 19.3. The van der Waals surface area contributed by atoms with Crippen LogP contribution in [0.15, 0.2) is 66.9 Å². The SMILES string of the molecule is O=C(Nc1ccccc1)C1CCN(C(=O)Cc2cccc3cccnc23)CC1. The van der Waals surface area contributed by atoms with Gasteiger partial charge in [-0.2, -0.15) is 0 Å². The number of hydrogen-bond acceptors (Lipinski definition) is 3. The van der Waals surface area contributed by atoms with Crippen LogP contribution in [0.4, 0.5) is 5.69 Å². The van der Waals surface area contributed by atoms with E-state index >= 15 is 0 Å². The number of fused-ring (bicyclic) bond motifs is 1. The van der Waals surface area contributed by atoms with Gasteiger partial charge in [-0.15, -0.1) is 0 Å². The second-order valence-corrected chi connectivity index (χ2v) is 7.18. The van der Waals surface area contributed by atoms with Gasteiger partial charge in [-0.25, -0.2) is 0 Å². The van der Waals surface area contributed by atoms with Gasteiger partial charge in [0, 0.05) is 36.3 Å². The topological polar surface area (TPSA) is 62.3 Å². The third-order valence-corrected chi connectivity index (χ3v) is 5.32. The van der Waals surface area contributed by atoms with E-state index in [2.05, 4.69) is 10.3 Å². The molecule has 1 aliphatic rings. The molecule has 3 aromatic rings. The second kappa shape index (κ2) is 8.21. The number of anilines is 1. The van der Waals surface area contributed by atoms with E-state index in [1.807, 2.05) is 65.6 Å². The molecule has 5 nitrogen and oxygen atoms in total. The van der Waals surface area contributed by atoms with Gasteiger partial charge in [-0.1, -0.05) is 42.5 Å². The van der Waals surface area contributed by atoms with Crippen LogP contribution in [0.1, 0.15) is 18.4 Å². The molecule has 2 heterocycles. The minimum Gasteiger partial charge on any atom is -0.342 e. The van der Waals surface area contributed by atoms with E-state index < -0.39 is 0 Å². The number of amides is 2. The van der Waals surface area contributed by atoms with E-state index in [1.54, 1.807) is 6.20 Å². The number of piperidine rings is 1. The first-order valence-corrected chi connectivity index (χ1v) is 9.67. The van der Waals surface area contributed by atoms with Crippen molar-refractivity contribution in [1.82, 2.24) is 9.88 Å². The highest BCUT2D eigenvalue weighted by atomic mass is 16.2. The van der Waals surface area contributed by atoms with Crippen LogP contribution in [0.5, 0.6) is 0 Å². The van der Waals surface area contributed by atoms with Crippen molar-refractivity contribution in [2.24, 2.45) is 5.92 Å². The van der Waals surface area contributed by atoms with E-state index in [1.165, 1.54) is 0 Å². The number of likely N-dealkylation sites (tertiary alicyclic amines) is 1. The Morgan fingerprint density at radius 1 is 0.964 bits per heavy atom. The van der Waals surface area contributed by atoms with Gasteiger partial charge >= 0.3 is 0 Å². The molecule has 0 atom stereocenters. The van der Waals surface area contributed by atoms with Crippen LogP contribution in [0.25, 0.3) is 10.9 Å². The average Bonchev–Trinajstić information content (AvgIpc) is 2.75. The van der Waals surface area contributed by atoms with E-state index in [9.17, 15) is 9.59 Å². The van der Waals surface area contributed by atoms with Crippen molar-refractivity contribution < 1.29 is 9.59 Å². The van der Waals surface area contributed by atoms with E-state index in [-0.39, 0.29) is 17.7 Å². The summed E-state index contributed by atoms with van der Waals surface area (Å²) in [5, 5.41) is 4.01. The summed E-state index contributed by atoms with van der Waals surface area (Å²) in [5.41, 5.74) is 2.65. The smallest absolute Gasteiger partial charge is 0.227 e. The number of aromatic nitrogens is 1. The Bertz CT molecular complexity index is 974. The molecule has 28 heavy (non-hydrogen) atoms. The number of benzene rings is 2. The van der Waals surface area contributed by atoms with Gasteiger partial charge < -0.3 is 10.2 Å². The molecule has 4 rings (SSSR count). The van der Waals surface area contributed by atoms with Crippen molar-refractivity contribution in [2.75, 3.05) is 18.4 Å². The van der Waals surface area contributed by atoms with Gasteiger partial charge in [0.25, 0.3) is 0 Å². The zero-order valence-corrected chi connectivity index (χ0v) is 15.7. The van der Waals surface area contributed by atoms with Crippen molar-refractivity contribution in [3.05, 3.63) is 72.4 Å². The minimum atomic E-state index is -0.0523. The lowest BCUT2D eigenvalue weighted by molar-refractivity contribution is -0.133. The lowest BCUT2D eigenvalue weighted by Gasteiger charge is -2.31. The first kappa shape index (κ1) is 18.2. The van der Waals surface area contributed by atoms with Gasteiger partial charge in [-0.05, 0) is 36.6 Å². The molecular weight excluding hydrogens is 350 g/mol. The summed E-state index contributed by atoms with van der Waals surface area (Å²) in [6.45, 7) is 1.23. The Morgan fingerprint density at radius 3 is 2.50 bits per heavy atom. The molecule has 0 aliphatic carbocycles. The first-order valence-electron chi connectivity index (χ1n) is 9.67. The number of nitrogens with zero attached hydrogens (tertiary/aromatic N) is 2. The monoisotopic (exact) mass is 373 g/mol. The van der Waals surface area contributed by atoms with Crippen molar-refractivity contribution in [2.45, 2.75) is 19.3 Å². The number of rotatable bonds is 4. The van der Waals surface area contributed by atoms with Crippen LogP contribution in [-0.2, 0) is 16.0 Å². The fourth-order valence-corrected chi connectivity index (χ4v) is 3.74. The number of pyridine rings is 1. The van der Waals surface area contributed by atoms with Crippen LogP contribution < -0.4 is 5.32 Å². The van der Waals surface area contributed by atoms with Crippen LogP contribution in [0.2, 0.25) is 0 Å². The quantitative estimate of drug-likeness (QED) is 0.759. The molecule has 2 amide bonds. The number of hydrogen-bond donors (Lipinski definition) is 1. The summed E-state index contributed by atoms with van der Waals surface area (Å²) in [6.07, 6.45) is 3.48. The molecule has 1 N–H and O–H groups in total. The number of carbonyl (C=O) groups is 2. The molecule has 142 valence electrons. The molecule has 0 radical (unpaired) electrons. The zero-order valence-electron chi connectivity index (χ0n) is 15.7. The summed E-state index contributed by atoms with van der Waals surface area (Å²) in [7, 11) is 0. The lowest BCUT2D eigenvalue weighted by atomic mass is 9.95. The standard InChI is InChI=1S/C23H23N3O2/c27-21(16-19-7-4-6-17-8-5-13-24-22(17)19)26-14-11-18(12-15-26)23(28)25-20-9-2-1-3-10-20/h1-10,13,18H,11-12,14-16H2,(H,25,28). The molecule has 5 heteroatoms. The minimum absolute atomic E-state index is 0.0385. The maximum atomic E-state index is 12.8. The lowest BCUT2D eigenvalue weighted by Crippen LogP contribution is -2.42. The molecule has 1 fully saturated rings. The number of nitrogens with one attached hydrogen (secondary N) is 1. The molecular formula is C23H23N3O2. The van der Waals surface area contributed by atoms with Crippen LogP contribution in [0, 0.1) is 5.92 Å². The highest BCUT2D eigenvalue weighted by molar-refractivity contribution is 5.93. The Labute approximate surface area is 164 Å². The summed E-state index contributed by atoms with van der Waals surface area (Å²) in [5.74, 6) is 0.0834. The molecule has 0 saturated carbocycles. The van der Waals surface area contributed by atoms with Crippen LogP contribution in [-0.4, -0.2) is 34.8 Å². The van der Waals surface area contributed by atoms with Gasteiger partial charge in [0.2, 0.25) is 11.8 Å². The van der Waals surface area contributed by atoms with Crippen molar-refractivity contribution in [3.63, 3.8) is 0 Å². The molecule has 1 saturated heterocycles.